The van der Waals surface area contributed by atoms with E-state index in [1.807, 2.05) is 19.1 Å². The maximum Gasteiger partial charge on any atom is 0.333 e. The van der Waals surface area contributed by atoms with Crippen LogP contribution in [0, 0.1) is 0 Å². The average Bonchev–Trinajstić information content (AvgIpc) is 2.65. The minimum atomic E-state index is -0.540. The lowest BCUT2D eigenvalue weighted by Crippen LogP contribution is -2.47. The topological polar surface area (TPSA) is 88.7 Å². The lowest BCUT2D eigenvalue weighted by Gasteiger charge is -2.16. The molecule has 0 heterocycles. The molecule has 26 heavy (non-hydrogen) atoms. The first kappa shape index (κ1) is 19.4. The van der Waals surface area contributed by atoms with Gasteiger partial charge in [-0.3, -0.25) is 10.2 Å². The third-order valence-electron chi connectivity index (χ3n) is 3.65. The van der Waals surface area contributed by atoms with E-state index >= 15 is 0 Å². The fraction of sp³-hybridized carbons (Fsp3) is 0.222. The summed E-state index contributed by atoms with van der Waals surface area (Å²) in [5, 5.41) is 3.33. The van der Waals surface area contributed by atoms with Gasteiger partial charge in [0, 0.05) is 10.6 Å². The van der Waals surface area contributed by atoms with Crippen molar-refractivity contribution in [3.8, 4) is 11.5 Å². The van der Waals surface area contributed by atoms with E-state index in [0.29, 0.717) is 22.1 Å². The number of halogens is 1. The molecule has 7 nitrogen and oxygen atoms in total. The quantitative estimate of drug-likeness (QED) is 0.699. The van der Waals surface area contributed by atoms with Crippen LogP contribution in [0.2, 0.25) is 5.02 Å². The number of ether oxygens (including phenoxy) is 2. The van der Waals surface area contributed by atoms with Crippen LogP contribution in [0.1, 0.15) is 28.9 Å². The Balaban J connectivity index is 1.90. The zero-order valence-corrected chi connectivity index (χ0v) is 15.4. The highest BCUT2D eigenvalue weighted by molar-refractivity contribution is 6.30. The molecule has 2 rings (SSSR count). The van der Waals surface area contributed by atoms with E-state index in [0.717, 1.165) is 5.56 Å². The first-order valence-corrected chi connectivity index (χ1v) is 8.16. The van der Waals surface area contributed by atoms with Crippen molar-refractivity contribution in [3.05, 3.63) is 58.6 Å². The number of amides is 3. The lowest BCUT2D eigenvalue weighted by atomic mass is 10.1. The Morgan fingerprint density at radius 3 is 2.23 bits per heavy atom. The van der Waals surface area contributed by atoms with E-state index in [9.17, 15) is 9.59 Å². The van der Waals surface area contributed by atoms with E-state index in [1.165, 1.54) is 20.3 Å². The highest BCUT2D eigenvalue weighted by Crippen LogP contribution is 2.27. The van der Waals surface area contributed by atoms with Crippen LogP contribution >= 0.6 is 11.6 Å². The molecular weight excluding hydrogens is 358 g/mol. The summed E-state index contributed by atoms with van der Waals surface area (Å²) in [5.41, 5.74) is 5.84. The van der Waals surface area contributed by atoms with Gasteiger partial charge in [-0.1, -0.05) is 23.7 Å². The molecule has 0 aliphatic heterocycles. The molecular formula is C18H20ClN3O4. The second kappa shape index (κ2) is 8.96. The molecule has 0 radical (unpaired) electrons. The second-order valence-electron chi connectivity index (χ2n) is 5.40. The highest BCUT2D eigenvalue weighted by atomic mass is 35.5. The maximum atomic E-state index is 12.1. The molecule has 0 aliphatic carbocycles. The smallest absolute Gasteiger partial charge is 0.333 e. The third-order valence-corrected chi connectivity index (χ3v) is 3.90. The van der Waals surface area contributed by atoms with Gasteiger partial charge in [-0.25, -0.2) is 10.2 Å². The number of hydrazine groups is 1. The lowest BCUT2D eigenvalue weighted by molar-refractivity contribution is 0.0935. The number of carbonyl (C=O) groups excluding carboxylic acids is 2. The minimum absolute atomic E-state index is 0.259. The van der Waals surface area contributed by atoms with Crippen molar-refractivity contribution in [2.45, 2.75) is 13.0 Å². The summed E-state index contributed by atoms with van der Waals surface area (Å²) in [7, 11) is 2.98. The van der Waals surface area contributed by atoms with Crippen molar-refractivity contribution in [3.63, 3.8) is 0 Å². The van der Waals surface area contributed by atoms with Crippen molar-refractivity contribution in [2.24, 2.45) is 0 Å². The molecule has 0 fully saturated rings. The van der Waals surface area contributed by atoms with Crippen LogP contribution in [0.25, 0.3) is 0 Å². The normalized spacial score (nSPS) is 11.2. The van der Waals surface area contributed by atoms with Gasteiger partial charge in [-0.15, -0.1) is 0 Å². The Morgan fingerprint density at radius 1 is 0.962 bits per heavy atom. The Labute approximate surface area is 156 Å². The molecule has 0 saturated carbocycles. The Morgan fingerprint density at radius 2 is 1.62 bits per heavy atom. The molecule has 3 amide bonds. The van der Waals surface area contributed by atoms with Crippen molar-refractivity contribution >= 4 is 23.5 Å². The molecule has 0 aromatic heterocycles. The van der Waals surface area contributed by atoms with Crippen molar-refractivity contribution in [2.75, 3.05) is 14.2 Å². The Hall–Kier alpha value is -2.93. The largest absolute Gasteiger partial charge is 0.493 e. The van der Waals surface area contributed by atoms with Gasteiger partial charge in [0.25, 0.3) is 5.91 Å². The van der Waals surface area contributed by atoms with Gasteiger partial charge in [0.2, 0.25) is 0 Å². The van der Waals surface area contributed by atoms with Crippen molar-refractivity contribution in [1.82, 2.24) is 16.2 Å². The summed E-state index contributed by atoms with van der Waals surface area (Å²) in [4.78, 5) is 24.1. The van der Waals surface area contributed by atoms with Crippen LogP contribution < -0.4 is 25.6 Å². The zero-order chi connectivity index (χ0) is 19.1. The SMILES string of the molecule is COc1ccc(C(=O)NNC(=O)NC(C)c2ccc(Cl)cc2)cc1OC. The molecule has 1 unspecified atom stereocenters. The van der Waals surface area contributed by atoms with Gasteiger partial charge in [0.1, 0.15) is 0 Å². The summed E-state index contributed by atoms with van der Waals surface area (Å²) >= 11 is 5.84. The van der Waals surface area contributed by atoms with Crippen LogP contribution in [-0.2, 0) is 0 Å². The standard InChI is InChI=1S/C18H20ClN3O4/c1-11(12-4-7-14(19)8-5-12)20-18(24)22-21-17(23)13-6-9-15(25-2)16(10-13)26-3/h4-11H,1-3H3,(H,21,23)(H2,20,22,24). The summed E-state index contributed by atoms with van der Waals surface area (Å²) in [6, 6.07) is 11.0. The van der Waals surface area contributed by atoms with Gasteiger partial charge in [0.15, 0.2) is 11.5 Å². The van der Waals surface area contributed by atoms with E-state index < -0.39 is 11.9 Å². The molecule has 2 aromatic carbocycles. The Kier molecular flexibility index (Phi) is 6.68. The number of rotatable bonds is 5. The number of methoxy groups -OCH3 is 2. The van der Waals surface area contributed by atoms with E-state index in [1.54, 1.807) is 24.3 Å². The molecule has 0 aliphatic rings. The first-order valence-electron chi connectivity index (χ1n) is 7.79. The van der Waals surface area contributed by atoms with E-state index in [2.05, 4.69) is 16.2 Å². The predicted molar refractivity (Wildman–Crippen MR) is 98.5 cm³/mol. The van der Waals surface area contributed by atoms with Crippen LogP contribution in [-0.4, -0.2) is 26.2 Å². The van der Waals surface area contributed by atoms with Crippen molar-refractivity contribution in [1.29, 1.82) is 0 Å². The molecule has 8 heteroatoms. The van der Waals surface area contributed by atoms with Crippen LogP contribution in [0.15, 0.2) is 42.5 Å². The molecule has 0 saturated heterocycles. The predicted octanol–water partition coefficient (Wildman–Crippen LogP) is 3.06. The van der Waals surface area contributed by atoms with Gasteiger partial charge < -0.3 is 14.8 Å². The number of hydrogen-bond donors (Lipinski definition) is 3. The van der Waals surface area contributed by atoms with E-state index in [4.69, 9.17) is 21.1 Å². The zero-order valence-electron chi connectivity index (χ0n) is 14.6. The molecule has 3 N–H and O–H groups in total. The number of nitrogens with one attached hydrogen (secondary N) is 3. The number of hydrogen-bond acceptors (Lipinski definition) is 4. The molecule has 138 valence electrons. The maximum absolute atomic E-state index is 12.1. The minimum Gasteiger partial charge on any atom is -0.493 e. The van der Waals surface area contributed by atoms with Crippen molar-refractivity contribution < 1.29 is 19.1 Å². The fourth-order valence-corrected chi connectivity index (χ4v) is 2.36. The molecule has 2 aromatic rings. The van der Waals surface area contributed by atoms with Gasteiger partial charge in [-0.05, 0) is 42.8 Å². The monoisotopic (exact) mass is 377 g/mol. The van der Waals surface area contributed by atoms with Crippen LogP contribution in [0.4, 0.5) is 4.79 Å². The highest BCUT2D eigenvalue weighted by Gasteiger charge is 2.13. The molecule has 0 spiro atoms. The second-order valence-corrected chi connectivity index (χ2v) is 5.83. The Bertz CT molecular complexity index is 781. The van der Waals surface area contributed by atoms with Crippen LogP contribution in [0.5, 0.6) is 11.5 Å². The number of urea groups is 1. The number of carbonyl (C=O) groups is 2. The third kappa shape index (κ3) is 5.03. The first-order chi connectivity index (χ1) is 12.4. The molecule has 1 atom stereocenters. The average molecular weight is 378 g/mol. The van der Waals surface area contributed by atoms with Gasteiger partial charge in [0.05, 0.1) is 20.3 Å². The summed E-state index contributed by atoms with van der Waals surface area (Å²) < 4.78 is 10.3. The van der Waals surface area contributed by atoms with E-state index in [-0.39, 0.29) is 6.04 Å². The summed E-state index contributed by atoms with van der Waals surface area (Å²) in [5.74, 6) is 0.438. The fourth-order valence-electron chi connectivity index (χ4n) is 2.23. The summed E-state index contributed by atoms with van der Waals surface area (Å²) in [6.07, 6.45) is 0. The summed E-state index contributed by atoms with van der Waals surface area (Å²) in [6.45, 7) is 1.82. The van der Waals surface area contributed by atoms with Crippen LogP contribution in [0.3, 0.4) is 0 Å². The molecule has 0 bridgehead atoms. The van der Waals surface area contributed by atoms with Gasteiger partial charge >= 0.3 is 6.03 Å². The van der Waals surface area contributed by atoms with Gasteiger partial charge in [-0.2, -0.15) is 0 Å². The number of benzene rings is 2.